The van der Waals surface area contributed by atoms with Gasteiger partial charge in [0.25, 0.3) is 10.2 Å². The Balaban J connectivity index is 1.89. The molecule has 1 aliphatic heterocycles. The molecular weight excluding hydrogens is 286 g/mol. The van der Waals surface area contributed by atoms with E-state index in [4.69, 9.17) is 5.73 Å². The van der Waals surface area contributed by atoms with E-state index in [2.05, 4.69) is 11.6 Å². The molecule has 21 heavy (non-hydrogen) atoms. The first kappa shape index (κ1) is 16.4. The molecule has 1 heterocycles. The molecule has 1 aromatic rings. The highest BCUT2D eigenvalue weighted by molar-refractivity contribution is 7.87. The Kier molecular flexibility index (Phi) is 5.75. The highest BCUT2D eigenvalue weighted by atomic mass is 32.2. The summed E-state index contributed by atoms with van der Waals surface area (Å²) in [7, 11) is -3.36. The smallest absolute Gasteiger partial charge is 0.279 e. The van der Waals surface area contributed by atoms with E-state index in [1.807, 2.05) is 24.3 Å². The number of nitrogens with two attached hydrogens (primary N) is 1. The maximum Gasteiger partial charge on any atom is 0.279 e. The number of hydrogen-bond acceptors (Lipinski definition) is 3. The summed E-state index contributed by atoms with van der Waals surface area (Å²) in [5.41, 5.74) is 7.65. The first-order chi connectivity index (χ1) is 10.0. The second-order valence-corrected chi connectivity index (χ2v) is 7.52. The molecule has 0 saturated carbocycles. The molecule has 6 heteroatoms. The van der Waals surface area contributed by atoms with Crippen LogP contribution in [0.15, 0.2) is 24.3 Å². The third kappa shape index (κ3) is 4.78. The number of nitrogens with one attached hydrogen (secondary N) is 1. The van der Waals surface area contributed by atoms with Gasteiger partial charge in [-0.05, 0) is 42.9 Å². The maximum atomic E-state index is 12.2. The average Bonchev–Trinajstić information content (AvgIpc) is 2.47. The monoisotopic (exact) mass is 311 g/mol. The van der Waals surface area contributed by atoms with E-state index < -0.39 is 10.2 Å². The zero-order chi connectivity index (χ0) is 15.3. The van der Waals surface area contributed by atoms with Crippen molar-refractivity contribution in [2.45, 2.75) is 32.7 Å². The van der Waals surface area contributed by atoms with Crippen LogP contribution in [0.1, 0.15) is 30.9 Å². The van der Waals surface area contributed by atoms with Crippen LogP contribution in [0.4, 0.5) is 0 Å². The van der Waals surface area contributed by atoms with Crippen molar-refractivity contribution < 1.29 is 8.42 Å². The largest absolute Gasteiger partial charge is 0.330 e. The highest BCUT2D eigenvalue weighted by Crippen LogP contribution is 2.18. The molecule has 0 unspecified atom stereocenters. The van der Waals surface area contributed by atoms with Crippen LogP contribution in [-0.2, 0) is 23.2 Å². The topological polar surface area (TPSA) is 75.4 Å². The highest BCUT2D eigenvalue weighted by Gasteiger charge is 2.25. The summed E-state index contributed by atoms with van der Waals surface area (Å²) in [4.78, 5) is 0. The molecule has 3 N–H and O–H groups in total. The van der Waals surface area contributed by atoms with Gasteiger partial charge < -0.3 is 5.73 Å². The zero-order valence-corrected chi connectivity index (χ0v) is 13.4. The van der Waals surface area contributed by atoms with Gasteiger partial charge in [-0.1, -0.05) is 31.2 Å². The van der Waals surface area contributed by atoms with E-state index in [9.17, 15) is 8.42 Å². The van der Waals surface area contributed by atoms with Gasteiger partial charge in [-0.2, -0.15) is 17.4 Å². The second kappa shape index (κ2) is 7.35. The number of nitrogens with zero attached hydrogens (tertiary/aromatic N) is 1. The molecule has 118 valence electrons. The minimum absolute atomic E-state index is 0.331. The number of rotatable bonds is 6. The molecule has 1 aliphatic rings. The van der Waals surface area contributed by atoms with Crippen molar-refractivity contribution >= 4 is 10.2 Å². The molecule has 1 aromatic carbocycles. The van der Waals surface area contributed by atoms with Crippen molar-refractivity contribution in [1.82, 2.24) is 9.03 Å². The fraction of sp³-hybridized carbons (Fsp3) is 0.600. The fourth-order valence-electron chi connectivity index (χ4n) is 2.48. The Morgan fingerprint density at radius 1 is 1.19 bits per heavy atom. The molecule has 0 amide bonds. The Hall–Kier alpha value is -0.950. The van der Waals surface area contributed by atoms with Crippen LogP contribution in [-0.4, -0.2) is 32.4 Å². The van der Waals surface area contributed by atoms with Gasteiger partial charge in [0.1, 0.15) is 0 Å². The first-order valence-corrected chi connectivity index (χ1v) is 8.98. The fourth-order valence-corrected chi connectivity index (χ4v) is 3.70. The summed E-state index contributed by atoms with van der Waals surface area (Å²) in [6.45, 7) is 4.36. The molecule has 0 aromatic heterocycles. The first-order valence-electron chi connectivity index (χ1n) is 7.54. The summed E-state index contributed by atoms with van der Waals surface area (Å²) < 4.78 is 28.7. The van der Waals surface area contributed by atoms with E-state index >= 15 is 0 Å². The predicted octanol–water partition coefficient (Wildman–Crippen LogP) is 1.25. The summed E-state index contributed by atoms with van der Waals surface area (Å²) in [5, 5.41) is 0. The molecule has 0 aliphatic carbocycles. The normalized spacial score (nSPS) is 18.0. The average molecular weight is 311 g/mol. The third-order valence-electron chi connectivity index (χ3n) is 4.00. The van der Waals surface area contributed by atoms with Crippen LogP contribution >= 0.6 is 0 Å². The van der Waals surface area contributed by atoms with Gasteiger partial charge in [0, 0.05) is 19.6 Å². The Morgan fingerprint density at radius 3 is 2.33 bits per heavy atom. The molecular formula is C15H25N3O2S. The lowest BCUT2D eigenvalue weighted by atomic mass is 10.0. The minimum Gasteiger partial charge on any atom is -0.330 e. The number of hydrogen-bond donors (Lipinski definition) is 2. The molecule has 0 atom stereocenters. The van der Waals surface area contributed by atoms with Crippen LogP contribution in [0.3, 0.4) is 0 Å². The van der Waals surface area contributed by atoms with E-state index in [1.165, 1.54) is 5.56 Å². The van der Waals surface area contributed by atoms with Crippen molar-refractivity contribution in [3.05, 3.63) is 35.4 Å². The lowest BCUT2D eigenvalue weighted by Gasteiger charge is -2.29. The van der Waals surface area contributed by atoms with Crippen LogP contribution < -0.4 is 10.5 Å². The Labute approximate surface area is 127 Å². The molecule has 5 nitrogen and oxygen atoms in total. The lowest BCUT2D eigenvalue weighted by molar-refractivity contribution is 0.285. The SMILES string of the molecule is CC1CCN(S(=O)(=O)NCc2ccc(CCN)cc2)CC1. The zero-order valence-electron chi connectivity index (χ0n) is 12.6. The van der Waals surface area contributed by atoms with Gasteiger partial charge in [0.2, 0.25) is 0 Å². The third-order valence-corrected chi connectivity index (χ3v) is 5.55. The molecule has 0 bridgehead atoms. The molecule has 2 rings (SSSR count). The van der Waals surface area contributed by atoms with Crippen molar-refractivity contribution in [1.29, 1.82) is 0 Å². The van der Waals surface area contributed by atoms with Gasteiger partial charge in [0.05, 0.1) is 0 Å². The van der Waals surface area contributed by atoms with Gasteiger partial charge in [-0.25, -0.2) is 0 Å². The summed E-state index contributed by atoms with van der Waals surface area (Å²) in [6, 6.07) is 7.90. The quantitative estimate of drug-likeness (QED) is 0.830. The molecule has 1 fully saturated rings. The lowest BCUT2D eigenvalue weighted by Crippen LogP contribution is -2.44. The van der Waals surface area contributed by atoms with E-state index in [0.29, 0.717) is 32.1 Å². The van der Waals surface area contributed by atoms with Gasteiger partial charge >= 0.3 is 0 Å². The van der Waals surface area contributed by atoms with Gasteiger partial charge in [-0.15, -0.1) is 0 Å². The van der Waals surface area contributed by atoms with Crippen molar-refractivity contribution in [3.63, 3.8) is 0 Å². The van der Waals surface area contributed by atoms with Crippen LogP contribution in [0.5, 0.6) is 0 Å². The van der Waals surface area contributed by atoms with Crippen LogP contribution in [0.2, 0.25) is 0 Å². The molecule has 0 spiro atoms. The standard InChI is InChI=1S/C15H25N3O2S/c1-13-7-10-18(11-8-13)21(19,20)17-12-15-4-2-14(3-5-15)6-9-16/h2-5,13,17H,6-12,16H2,1H3. The molecule has 1 saturated heterocycles. The number of piperidine rings is 1. The van der Waals surface area contributed by atoms with E-state index in [1.54, 1.807) is 4.31 Å². The summed E-state index contributed by atoms with van der Waals surface area (Å²) in [6.07, 6.45) is 2.72. The Morgan fingerprint density at radius 2 is 1.76 bits per heavy atom. The van der Waals surface area contributed by atoms with Crippen LogP contribution in [0.25, 0.3) is 0 Å². The summed E-state index contributed by atoms with van der Waals surface area (Å²) >= 11 is 0. The van der Waals surface area contributed by atoms with Crippen molar-refractivity contribution in [2.24, 2.45) is 11.7 Å². The van der Waals surface area contributed by atoms with E-state index in [-0.39, 0.29) is 0 Å². The van der Waals surface area contributed by atoms with E-state index in [0.717, 1.165) is 24.8 Å². The van der Waals surface area contributed by atoms with Gasteiger partial charge in [0.15, 0.2) is 0 Å². The van der Waals surface area contributed by atoms with Crippen molar-refractivity contribution in [3.8, 4) is 0 Å². The minimum atomic E-state index is -3.36. The Bertz CT molecular complexity index is 535. The van der Waals surface area contributed by atoms with Gasteiger partial charge in [-0.3, -0.25) is 0 Å². The second-order valence-electron chi connectivity index (χ2n) is 5.76. The van der Waals surface area contributed by atoms with Crippen LogP contribution in [0, 0.1) is 5.92 Å². The molecule has 0 radical (unpaired) electrons. The summed E-state index contributed by atoms with van der Waals surface area (Å²) in [5.74, 6) is 0.617. The maximum absolute atomic E-state index is 12.2. The number of benzene rings is 1. The predicted molar refractivity (Wildman–Crippen MR) is 84.9 cm³/mol. The van der Waals surface area contributed by atoms with Crippen molar-refractivity contribution in [2.75, 3.05) is 19.6 Å².